The summed E-state index contributed by atoms with van der Waals surface area (Å²) in [5.41, 5.74) is 0.182. The third-order valence-electron chi connectivity index (χ3n) is 11.4. The molecular formula is C41H57N7O6. The highest BCUT2D eigenvalue weighted by atomic mass is 16.2. The maximum absolute atomic E-state index is 14.7. The van der Waals surface area contributed by atoms with Gasteiger partial charge in [0, 0.05) is 18.9 Å². The van der Waals surface area contributed by atoms with Crippen LogP contribution in [0.3, 0.4) is 0 Å². The highest BCUT2D eigenvalue weighted by Crippen LogP contribution is 2.43. The zero-order valence-electron chi connectivity index (χ0n) is 32.3. The number of carbonyl (C=O) groups excluding carboxylic acids is 6. The minimum Gasteiger partial charge on any atom is -0.344 e. The molecule has 7 atom stereocenters. The van der Waals surface area contributed by atoms with Crippen LogP contribution in [0.4, 0.5) is 0 Å². The molecule has 4 N–H and O–H groups in total. The van der Waals surface area contributed by atoms with Crippen molar-refractivity contribution in [3.8, 4) is 0 Å². The van der Waals surface area contributed by atoms with Gasteiger partial charge in [-0.15, -0.1) is 0 Å². The van der Waals surface area contributed by atoms with E-state index in [1.807, 2.05) is 58.0 Å². The normalized spacial score (nSPS) is 22.2. The molecule has 2 unspecified atom stereocenters. The second-order valence-electron chi connectivity index (χ2n) is 16.4. The number of amides is 5. The molecule has 1 aromatic heterocycles. The average Bonchev–Trinajstić information content (AvgIpc) is 3.77. The number of hydrogen-bond acceptors (Lipinski definition) is 8. The highest BCUT2D eigenvalue weighted by molar-refractivity contribution is 6.38. The van der Waals surface area contributed by atoms with Crippen LogP contribution in [0.1, 0.15) is 121 Å². The van der Waals surface area contributed by atoms with Crippen LogP contribution in [-0.2, 0) is 24.0 Å². The minimum atomic E-state index is -1.06. The van der Waals surface area contributed by atoms with Crippen LogP contribution in [0.2, 0.25) is 0 Å². The van der Waals surface area contributed by atoms with Gasteiger partial charge in [0.1, 0.15) is 23.8 Å². The summed E-state index contributed by atoms with van der Waals surface area (Å²) in [6.07, 6.45) is 12.0. The van der Waals surface area contributed by atoms with Gasteiger partial charge < -0.3 is 26.2 Å². The maximum Gasteiger partial charge on any atom is 0.290 e. The first-order chi connectivity index (χ1) is 25.8. The summed E-state index contributed by atoms with van der Waals surface area (Å²) >= 11 is 0. The fraction of sp³-hybridized carbons (Fsp3) is 0.610. The van der Waals surface area contributed by atoms with Gasteiger partial charge in [-0.3, -0.25) is 33.8 Å². The number of hydrogen-bond donors (Lipinski definition) is 4. The van der Waals surface area contributed by atoms with Gasteiger partial charge in [-0.25, -0.2) is 4.98 Å². The first-order valence-electron chi connectivity index (χ1n) is 19.7. The number of fused-ring (bicyclic) bond motifs is 1. The molecule has 292 valence electrons. The molecule has 3 fully saturated rings. The monoisotopic (exact) mass is 743 g/mol. The number of Topliss-reactive ketones (excluding diaryl/α,β-unsaturated/α-hetero) is 1. The summed E-state index contributed by atoms with van der Waals surface area (Å²) in [5, 5.41) is 11.6. The van der Waals surface area contributed by atoms with Gasteiger partial charge in [0.15, 0.2) is 0 Å². The van der Waals surface area contributed by atoms with Crippen molar-refractivity contribution < 1.29 is 28.8 Å². The molecule has 0 radical (unpaired) electrons. The third-order valence-corrected chi connectivity index (χ3v) is 11.4. The number of ketones is 1. The molecular weight excluding hydrogens is 686 g/mol. The Kier molecular flexibility index (Phi) is 13.6. The second-order valence-corrected chi connectivity index (χ2v) is 16.4. The van der Waals surface area contributed by atoms with Gasteiger partial charge in [-0.1, -0.05) is 90.1 Å². The van der Waals surface area contributed by atoms with E-state index in [1.54, 1.807) is 11.8 Å². The van der Waals surface area contributed by atoms with E-state index in [4.69, 9.17) is 0 Å². The number of carbonyl (C=O) groups is 6. The van der Waals surface area contributed by atoms with Crippen molar-refractivity contribution >= 4 is 35.3 Å². The number of aromatic nitrogens is 2. The van der Waals surface area contributed by atoms with Crippen molar-refractivity contribution in [2.75, 3.05) is 6.54 Å². The maximum atomic E-state index is 14.7. The lowest BCUT2D eigenvalue weighted by Crippen LogP contribution is -2.62. The van der Waals surface area contributed by atoms with E-state index in [1.165, 1.54) is 18.6 Å². The first kappa shape index (κ1) is 40.5. The van der Waals surface area contributed by atoms with Crippen molar-refractivity contribution in [3.63, 3.8) is 0 Å². The predicted octanol–water partition coefficient (Wildman–Crippen LogP) is 4.04. The minimum absolute atomic E-state index is 0.0927. The second kappa shape index (κ2) is 18.1. The first-order valence-corrected chi connectivity index (χ1v) is 19.7. The van der Waals surface area contributed by atoms with Crippen LogP contribution >= 0.6 is 0 Å². The molecule has 3 aliphatic rings. The Morgan fingerprint density at radius 3 is 2.24 bits per heavy atom. The smallest absolute Gasteiger partial charge is 0.290 e. The standard InChI is InChI=1S/C41H57N7O6/c1-6-14-30(34(49)39(53)44-25(2)26-15-9-7-10-16-26)45-38(52)33-29-20-13-19-28(29)24-48(33)40(54)35(41(3,4)5)47-37(51)32(27-17-11-8-12-18-27)46-36(50)31-23-42-21-22-43-31/h7,9-10,15-16,21-23,25,27-30,32-33,35H,6,8,11-14,17-20,24H2,1-5H3,(H,44,53)(H,45,52)(H,46,50)(H,47,51)/t25-,28?,29-,30?,32-,33-,35+/m0/s1. The molecule has 13 nitrogen and oxygen atoms in total. The van der Waals surface area contributed by atoms with Crippen LogP contribution in [-0.4, -0.2) is 80.9 Å². The number of likely N-dealkylation sites (tertiary alicyclic amines) is 1. The Hall–Kier alpha value is -4.68. The zero-order chi connectivity index (χ0) is 39.0. The van der Waals surface area contributed by atoms with Crippen LogP contribution in [0.25, 0.3) is 0 Å². The predicted molar refractivity (Wildman–Crippen MR) is 202 cm³/mol. The molecule has 2 saturated carbocycles. The number of rotatable bonds is 14. The van der Waals surface area contributed by atoms with Gasteiger partial charge in [-0.05, 0) is 67.8 Å². The summed E-state index contributed by atoms with van der Waals surface area (Å²) in [4.78, 5) is 92.8. The fourth-order valence-corrected chi connectivity index (χ4v) is 8.48. The van der Waals surface area contributed by atoms with Crippen molar-refractivity contribution in [3.05, 3.63) is 60.2 Å². The van der Waals surface area contributed by atoms with E-state index in [-0.39, 0.29) is 35.8 Å². The van der Waals surface area contributed by atoms with E-state index in [2.05, 4.69) is 31.2 Å². The fourth-order valence-electron chi connectivity index (χ4n) is 8.48. The highest BCUT2D eigenvalue weighted by Gasteiger charge is 2.52. The molecule has 54 heavy (non-hydrogen) atoms. The van der Waals surface area contributed by atoms with Gasteiger partial charge in [-0.2, -0.15) is 0 Å². The number of nitrogens with one attached hydrogen (secondary N) is 4. The molecule has 0 bridgehead atoms. The Morgan fingerprint density at radius 2 is 1.59 bits per heavy atom. The Morgan fingerprint density at radius 1 is 0.870 bits per heavy atom. The van der Waals surface area contributed by atoms with E-state index in [0.717, 1.165) is 56.9 Å². The van der Waals surface area contributed by atoms with E-state index < -0.39 is 65.0 Å². The number of benzene rings is 1. The molecule has 2 aliphatic carbocycles. The Balaban J connectivity index is 1.34. The quantitative estimate of drug-likeness (QED) is 0.209. The van der Waals surface area contributed by atoms with Crippen LogP contribution in [0.5, 0.6) is 0 Å². The topological polar surface area (TPSA) is 180 Å². The Bertz CT molecular complexity index is 1640. The Labute approximate surface area is 318 Å². The molecule has 0 spiro atoms. The van der Waals surface area contributed by atoms with Crippen molar-refractivity contribution in [1.82, 2.24) is 36.1 Å². The van der Waals surface area contributed by atoms with Crippen LogP contribution < -0.4 is 21.3 Å². The van der Waals surface area contributed by atoms with Gasteiger partial charge in [0.25, 0.3) is 11.8 Å². The van der Waals surface area contributed by atoms with Crippen molar-refractivity contribution in [1.29, 1.82) is 0 Å². The summed E-state index contributed by atoms with van der Waals surface area (Å²) in [7, 11) is 0. The molecule has 1 aromatic carbocycles. The van der Waals surface area contributed by atoms with Crippen LogP contribution in [0, 0.1) is 23.2 Å². The lowest BCUT2D eigenvalue weighted by atomic mass is 9.82. The molecule has 5 amide bonds. The molecule has 1 saturated heterocycles. The average molecular weight is 744 g/mol. The van der Waals surface area contributed by atoms with E-state index >= 15 is 0 Å². The molecule has 2 aromatic rings. The van der Waals surface area contributed by atoms with Crippen molar-refractivity contribution in [2.45, 2.75) is 129 Å². The summed E-state index contributed by atoms with van der Waals surface area (Å²) in [6, 6.07) is 5.06. The third kappa shape index (κ3) is 9.70. The lowest BCUT2D eigenvalue weighted by Gasteiger charge is -2.38. The number of nitrogens with zero attached hydrogens (tertiary/aromatic N) is 3. The SMILES string of the molecule is CCCC(NC(=O)[C@@H]1[C@H]2CCCC2CN1C(=O)[C@@H](NC(=O)[C@@H](NC(=O)c1cnccn1)C1CCCCC1)C(C)(C)C)C(=O)C(=O)N[C@@H](C)c1ccccc1. The molecule has 1 aliphatic heterocycles. The van der Waals surface area contributed by atoms with E-state index in [0.29, 0.717) is 13.0 Å². The molecule has 2 heterocycles. The van der Waals surface area contributed by atoms with Gasteiger partial charge >= 0.3 is 0 Å². The van der Waals surface area contributed by atoms with Crippen molar-refractivity contribution in [2.24, 2.45) is 23.2 Å². The summed E-state index contributed by atoms with van der Waals surface area (Å²) in [5.74, 6) is -3.49. The largest absolute Gasteiger partial charge is 0.344 e. The molecule has 5 rings (SSSR count). The zero-order valence-corrected chi connectivity index (χ0v) is 32.3. The van der Waals surface area contributed by atoms with E-state index in [9.17, 15) is 28.8 Å². The van der Waals surface area contributed by atoms with Gasteiger partial charge in [0.05, 0.1) is 18.3 Å². The van der Waals surface area contributed by atoms with Crippen LogP contribution in [0.15, 0.2) is 48.9 Å². The van der Waals surface area contributed by atoms with Gasteiger partial charge in [0.2, 0.25) is 23.5 Å². The summed E-state index contributed by atoms with van der Waals surface area (Å²) < 4.78 is 0. The summed E-state index contributed by atoms with van der Waals surface area (Å²) in [6.45, 7) is 9.61. The molecule has 13 heteroatoms. The lowest BCUT2D eigenvalue weighted by molar-refractivity contribution is -0.146.